The number of aryl methyl sites for hydroxylation is 1. The summed E-state index contributed by atoms with van der Waals surface area (Å²) >= 11 is 1.47. The number of hydrogen-bond acceptors (Lipinski definition) is 8. The smallest absolute Gasteiger partial charge is 0.262 e. The first-order valence-electron chi connectivity index (χ1n) is 10.2. The van der Waals surface area contributed by atoms with Gasteiger partial charge in [-0.2, -0.15) is 4.98 Å². The highest BCUT2D eigenvalue weighted by Crippen LogP contribution is 2.34. The Morgan fingerprint density at radius 1 is 1.23 bits per heavy atom. The molecule has 0 aliphatic carbocycles. The Bertz CT molecular complexity index is 1270. The van der Waals surface area contributed by atoms with Gasteiger partial charge >= 0.3 is 0 Å². The largest absolute Gasteiger partial charge is 0.385 e. The van der Waals surface area contributed by atoms with Crippen LogP contribution in [0.15, 0.2) is 38.7 Å². The number of ether oxygens (including phenoxy) is 1. The number of nitrogens with zero attached hydrogens (tertiary/aromatic N) is 6. The quantitative estimate of drug-likeness (QED) is 0.316. The predicted molar refractivity (Wildman–Crippen MR) is 119 cm³/mol. The molecule has 0 N–H and O–H groups in total. The highest BCUT2D eigenvalue weighted by molar-refractivity contribution is 7.99. The van der Waals surface area contributed by atoms with Crippen LogP contribution in [-0.4, -0.2) is 43.0 Å². The summed E-state index contributed by atoms with van der Waals surface area (Å²) in [4.78, 5) is 17.6. The number of thioether (sulfide) groups is 1. The van der Waals surface area contributed by atoms with Crippen LogP contribution in [0.2, 0.25) is 0 Å². The van der Waals surface area contributed by atoms with Crippen LogP contribution in [0.1, 0.15) is 51.1 Å². The van der Waals surface area contributed by atoms with Crippen molar-refractivity contribution in [2.75, 3.05) is 13.7 Å². The molecule has 0 bridgehead atoms. The highest BCUT2D eigenvalue weighted by atomic mass is 32.2. The van der Waals surface area contributed by atoms with Crippen molar-refractivity contribution in [3.05, 3.63) is 46.3 Å². The van der Waals surface area contributed by atoms with Gasteiger partial charge in [0, 0.05) is 25.7 Å². The molecule has 1 aromatic carbocycles. The van der Waals surface area contributed by atoms with Crippen LogP contribution in [0.5, 0.6) is 0 Å². The molecule has 0 fully saturated rings. The van der Waals surface area contributed by atoms with Gasteiger partial charge in [-0.05, 0) is 25.5 Å². The first kappa shape index (κ1) is 21.5. The third-order valence-electron chi connectivity index (χ3n) is 4.95. The van der Waals surface area contributed by atoms with Crippen molar-refractivity contribution < 1.29 is 9.26 Å². The van der Waals surface area contributed by atoms with E-state index in [0.717, 1.165) is 5.52 Å². The van der Waals surface area contributed by atoms with Gasteiger partial charge in [0.05, 0.1) is 16.2 Å². The average molecular weight is 443 g/mol. The Morgan fingerprint density at radius 2 is 2.00 bits per heavy atom. The van der Waals surface area contributed by atoms with Crippen molar-refractivity contribution in [2.24, 2.45) is 0 Å². The molecule has 0 aliphatic heterocycles. The van der Waals surface area contributed by atoms with Gasteiger partial charge in [-0.3, -0.25) is 13.8 Å². The van der Waals surface area contributed by atoms with Crippen LogP contribution in [0.4, 0.5) is 0 Å². The fourth-order valence-electron chi connectivity index (χ4n) is 3.29. The second-order valence-electron chi connectivity index (χ2n) is 8.40. The zero-order valence-electron chi connectivity index (χ0n) is 18.3. The topological polar surface area (TPSA) is 100 Å². The van der Waals surface area contributed by atoms with Gasteiger partial charge < -0.3 is 9.26 Å². The Labute approximate surface area is 183 Å². The molecular formula is C21H26N6O3S. The summed E-state index contributed by atoms with van der Waals surface area (Å²) in [5.74, 6) is 1.71. The van der Waals surface area contributed by atoms with E-state index in [1.807, 2.05) is 56.4 Å². The molecular weight excluding hydrogens is 416 g/mol. The standard InChI is InChI=1S/C21H26N6O3S/c1-13(16-22-18(25-30-16)21(2,3)4)31-20-24-23-19-26(11-8-12-29-5)17(28)14-9-6-7-10-15(14)27(19)20/h6-7,9-10,13H,8,11-12H2,1-5H3/t13-/m1/s1. The monoisotopic (exact) mass is 442 g/mol. The van der Waals surface area contributed by atoms with E-state index < -0.39 is 0 Å². The zero-order valence-corrected chi connectivity index (χ0v) is 19.1. The number of methoxy groups -OCH3 is 1. The molecule has 3 heterocycles. The van der Waals surface area contributed by atoms with Gasteiger partial charge in [-0.15, -0.1) is 10.2 Å². The van der Waals surface area contributed by atoms with Crippen LogP contribution in [0.3, 0.4) is 0 Å². The lowest BCUT2D eigenvalue weighted by Crippen LogP contribution is -2.24. The van der Waals surface area contributed by atoms with E-state index in [9.17, 15) is 4.79 Å². The highest BCUT2D eigenvalue weighted by Gasteiger charge is 2.25. The Morgan fingerprint density at radius 3 is 2.71 bits per heavy atom. The van der Waals surface area contributed by atoms with Crippen molar-refractivity contribution in [3.8, 4) is 0 Å². The number of aromatic nitrogens is 6. The van der Waals surface area contributed by atoms with Crippen molar-refractivity contribution in [3.63, 3.8) is 0 Å². The fourth-order valence-corrected chi connectivity index (χ4v) is 4.18. The molecule has 31 heavy (non-hydrogen) atoms. The zero-order chi connectivity index (χ0) is 22.2. The molecule has 0 saturated heterocycles. The van der Waals surface area contributed by atoms with Crippen molar-refractivity contribution in [1.82, 2.24) is 29.3 Å². The van der Waals surface area contributed by atoms with E-state index in [2.05, 4.69) is 20.3 Å². The number of para-hydroxylation sites is 1. The first-order chi connectivity index (χ1) is 14.8. The molecule has 0 saturated carbocycles. The molecule has 0 unspecified atom stereocenters. The molecule has 4 aromatic rings. The van der Waals surface area contributed by atoms with Crippen molar-refractivity contribution in [1.29, 1.82) is 0 Å². The summed E-state index contributed by atoms with van der Waals surface area (Å²) in [6.07, 6.45) is 0.702. The molecule has 4 rings (SSSR count). The summed E-state index contributed by atoms with van der Waals surface area (Å²) in [6.45, 7) is 9.17. The van der Waals surface area contributed by atoms with Crippen LogP contribution in [-0.2, 0) is 16.7 Å². The third kappa shape index (κ3) is 4.09. The number of rotatable bonds is 7. The molecule has 164 valence electrons. The van der Waals surface area contributed by atoms with Crippen molar-refractivity contribution >= 4 is 28.4 Å². The van der Waals surface area contributed by atoms with Gasteiger partial charge in [0.1, 0.15) is 0 Å². The summed E-state index contributed by atoms with van der Waals surface area (Å²) in [5, 5.41) is 14.0. The summed E-state index contributed by atoms with van der Waals surface area (Å²) in [7, 11) is 1.65. The molecule has 10 heteroatoms. The lowest BCUT2D eigenvalue weighted by molar-refractivity contribution is 0.190. The van der Waals surface area contributed by atoms with E-state index in [1.54, 1.807) is 11.7 Å². The second kappa shape index (κ2) is 8.43. The maximum atomic E-state index is 13.1. The lowest BCUT2D eigenvalue weighted by atomic mass is 9.96. The normalized spacial score (nSPS) is 13.3. The fraction of sp³-hybridized carbons (Fsp3) is 0.476. The van der Waals surface area contributed by atoms with Gasteiger partial charge in [-0.25, -0.2) is 0 Å². The minimum Gasteiger partial charge on any atom is -0.385 e. The molecule has 1 atom stereocenters. The Balaban J connectivity index is 1.77. The van der Waals surface area contributed by atoms with E-state index in [4.69, 9.17) is 9.26 Å². The van der Waals surface area contributed by atoms with Gasteiger partial charge in [0.2, 0.25) is 11.7 Å². The minimum absolute atomic E-state index is 0.0806. The molecule has 3 aromatic heterocycles. The maximum absolute atomic E-state index is 13.1. The van der Waals surface area contributed by atoms with E-state index >= 15 is 0 Å². The lowest BCUT2D eigenvalue weighted by Gasteiger charge is -2.12. The molecule has 0 aliphatic rings. The van der Waals surface area contributed by atoms with E-state index in [1.165, 1.54) is 11.8 Å². The number of benzene rings is 1. The van der Waals surface area contributed by atoms with E-state index in [-0.39, 0.29) is 16.2 Å². The van der Waals surface area contributed by atoms with Gasteiger partial charge in [-0.1, -0.05) is 49.8 Å². The molecule has 0 spiro atoms. The first-order valence-corrected chi connectivity index (χ1v) is 11.1. The second-order valence-corrected chi connectivity index (χ2v) is 9.71. The van der Waals surface area contributed by atoms with Crippen molar-refractivity contribution in [2.45, 2.75) is 56.5 Å². The summed E-state index contributed by atoms with van der Waals surface area (Å²) in [5.41, 5.74) is 0.497. The summed E-state index contributed by atoms with van der Waals surface area (Å²) < 4.78 is 14.2. The SMILES string of the molecule is COCCCn1c(=O)c2ccccc2n2c(S[C@H](C)c3nc(C(C)(C)C)no3)nnc12. The molecule has 9 nitrogen and oxygen atoms in total. The van der Waals surface area contributed by atoms with Crippen LogP contribution >= 0.6 is 11.8 Å². The molecule has 0 radical (unpaired) electrons. The van der Waals surface area contributed by atoms with Gasteiger partial charge in [0.25, 0.3) is 5.56 Å². The molecule has 0 amide bonds. The third-order valence-corrected chi connectivity index (χ3v) is 5.98. The Hall–Kier alpha value is -2.72. The van der Waals surface area contributed by atoms with Crippen LogP contribution < -0.4 is 5.56 Å². The maximum Gasteiger partial charge on any atom is 0.262 e. The van der Waals surface area contributed by atoms with Crippen LogP contribution in [0, 0.1) is 0 Å². The number of fused-ring (bicyclic) bond motifs is 3. The van der Waals surface area contributed by atoms with Gasteiger partial charge in [0.15, 0.2) is 11.0 Å². The Kier molecular flexibility index (Phi) is 5.85. The summed E-state index contributed by atoms with van der Waals surface area (Å²) in [6, 6.07) is 7.50. The van der Waals surface area contributed by atoms with Crippen LogP contribution in [0.25, 0.3) is 16.7 Å². The van der Waals surface area contributed by atoms with E-state index in [0.29, 0.717) is 47.6 Å². The minimum atomic E-state index is -0.192. The number of hydrogen-bond donors (Lipinski definition) is 0. The predicted octanol–water partition coefficient (Wildman–Crippen LogP) is 3.61. The average Bonchev–Trinajstić information content (AvgIpc) is 3.38.